The summed E-state index contributed by atoms with van der Waals surface area (Å²) in [5, 5.41) is 0. The minimum Gasteiger partial charge on any atom is -0.444 e. The molecule has 3 heteroatoms. The van der Waals surface area contributed by atoms with Gasteiger partial charge in [0.25, 0.3) is 0 Å². The second-order valence-electron chi connectivity index (χ2n) is 3.91. The molecule has 0 atom stereocenters. The lowest BCUT2D eigenvalue weighted by atomic mass is 9.92. The van der Waals surface area contributed by atoms with Crippen molar-refractivity contribution in [1.29, 1.82) is 0 Å². The van der Waals surface area contributed by atoms with Crippen LogP contribution in [0.2, 0.25) is 0 Å². The summed E-state index contributed by atoms with van der Waals surface area (Å²) in [6.45, 7) is 8.23. The molecular weight excluding hydrogens is 174 g/mol. The molecule has 1 aromatic heterocycles. The van der Waals surface area contributed by atoms with Crippen LogP contribution in [0.1, 0.15) is 38.1 Å². The number of halogens is 1. The third-order valence-electron chi connectivity index (χ3n) is 1.64. The molecule has 0 saturated carbocycles. The molecule has 0 spiro atoms. The van der Waals surface area contributed by atoms with Gasteiger partial charge in [-0.05, 0) is 6.92 Å². The Morgan fingerprint density at radius 3 is 2.25 bits per heavy atom. The van der Waals surface area contributed by atoms with Crippen LogP contribution in [0, 0.1) is 6.92 Å². The molecule has 0 aliphatic heterocycles. The molecule has 0 aliphatic rings. The molecule has 0 amide bonds. The molecule has 0 bridgehead atoms. The number of rotatable bonds is 1. The maximum atomic E-state index is 5.61. The van der Waals surface area contributed by atoms with Gasteiger partial charge in [0.2, 0.25) is 5.89 Å². The van der Waals surface area contributed by atoms with Crippen LogP contribution in [0.4, 0.5) is 0 Å². The summed E-state index contributed by atoms with van der Waals surface area (Å²) in [6, 6.07) is 0. The van der Waals surface area contributed by atoms with Crippen molar-refractivity contribution in [1.82, 2.24) is 4.98 Å². The zero-order valence-corrected chi connectivity index (χ0v) is 8.70. The van der Waals surface area contributed by atoms with Gasteiger partial charge in [-0.2, -0.15) is 0 Å². The van der Waals surface area contributed by atoms with E-state index in [2.05, 4.69) is 25.8 Å². The first kappa shape index (κ1) is 9.59. The highest BCUT2D eigenvalue weighted by atomic mass is 35.5. The van der Waals surface area contributed by atoms with Crippen molar-refractivity contribution < 1.29 is 4.42 Å². The van der Waals surface area contributed by atoms with Gasteiger partial charge in [0, 0.05) is 5.41 Å². The van der Waals surface area contributed by atoms with Crippen LogP contribution in [0.5, 0.6) is 0 Å². The zero-order chi connectivity index (χ0) is 9.35. The fourth-order valence-corrected chi connectivity index (χ4v) is 1.32. The lowest BCUT2D eigenvalue weighted by Gasteiger charge is -2.14. The van der Waals surface area contributed by atoms with Crippen molar-refractivity contribution >= 4 is 11.6 Å². The van der Waals surface area contributed by atoms with Gasteiger partial charge >= 0.3 is 0 Å². The van der Waals surface area contributed by atoms with Crippen molar-refractivity contribution in [3.63, 3.8) is 0 Å². The number of hydrogen-bond acceptors (Lipinski definition) is 2. The summed E-state index contributed by atoms with van der Waals surface area (Å²) in [4.78, 5) is 4.20. The Morgan fingerprint density at radius 2 is 2.00 bits per heavy atom. The second kappa shape index (κ2) is 3.09. The van der Waals surface area contributed by atoms with E-state index in [0.29, 0.717) is 11.8 Å². The predicted molar refractivity (Wildman–Crippen MR) is 49.5 cm³/mol. The monoisotopic (exact) mass is 187 g/mol. The van der Waals surface area contributed by atoms with E-state index < -0.39 is 0 Å². The Bertz CT molecular complexity index is 273. The fraction of sp³-hybridized carbons (Fsp3) is 0.667. The number of hydrogen-bond donors (Lipinski definition) is 0. The Kier molecular flexibility index (Phi) is 2.47. The number of aryl methyl sites for hydroxylation is 1. The molecule has 0 unspecified atom stereocenters. The van der Waals surface area contributed by atoms with Gasteiger partial charge in [-0.25, -0.2) is 4.98 Å². The lowest BCUT2D eigenvalue weighted by Crippen LogP contribution is -2.11. The Hall–Kier alpha value is -0.500. The molecule has 12 heavy (non-hydrogen) atoms. The fourth-order valence-electron chi connectivity index (χ4n) is 1.21. The van der Waals surface area contributed by atoms with Crippen LogP contribution >= 0.6 is 11.6 Å². The van der Waals surface area contributed by atoms with Gasteiger partial charge in [-0.15, -0.1) is 11.6 Å². The minimum atomic E-state index is 0.0153. The average molecular weight is 188 g/mol. The summed E-state index contributed by atoms with van der Waals surface area (Å²) >= 11 is 5.61. The van der Waals surface area contributed by atoms with Crippen LogP contribution in [0.25, 0.3) is 0 Å². The molecule has 2 nitrogen and oxygen atoms in total. The average Bonchev–Trinajstić information content (AvgIpc) is 2.29. The van der Waals surface area contributed by atoms with Crippen molar-refractivity contribution in [2.75, 3.05) is 0 Å². The number of oxazole rings is 1. The Morgan fingerprint density at radius 1 is 1.42 bits per heavy atom. The van der Waals surface area contributed by atoms with Gasteiger partial charge in [0.15, 0.2) is 0 Å². The standard InChI is InChI=1S/C9H14ClNO/c1-6-8(9(2,3)4)12-7(5-10)11-6/h5H2,1-4H3. The van der Waals surface area contributed by atoms with Crippen LogP contribution in [0.3, 0.4) is 0 Å². The first-order chi connectivity index (χ1) is 5.45. The van der Waals surface area contributed by atoms with E-state index in [1.165, 1.54) is 0 Å². The molecule has 0 radical (unpaired) electrons. The van der Waals surface area contributed by atoms with E-state index >= 15 is 0 Å². The topological polar surface area (TPSA) is 26.0 Å². The van der Waals surface area contributed by atoms with Gasteiger partial charge in [-0.3, -0.25) is 0 Å². The highest BCUT2D eigenvalue weighted by Gasteiger charge is 2.22. The third-order valence-corrected chi connectivity index (χ3v) is 1.87. The molecule has 1 aromatic rings. The van der Waals surface area contributed by atoms with Crippen molar-refractivity contribution in [2.24, 2.45) is 0 Å². The Balaban J connectivity index is 3.08. The first-order valence-corrected chi connectivity index (χ1v) is 4.51. The van der Waals surface area contributed by atoms with Crippen molar-refractivity contribution in [3.05, 3.63) is 17.3 Å². The third kappa shape index (κ3) is 1.81. The molecule has 0 aliphatic carbocycles. The molecule has 1 rings (SSSR count). The first-order valence-electron chi connectivity index (χ1n) is 3.98. The van der Waals surface area contributed by atoms with E-state index in [1.54, 1.807) is 0 Å². The van der Waals surface area contributed by atoms with Crippen LogP contribution in [0.15, 0.2) is 4.42 Å². The SMILES string of the molecule is Cc1nc(CCl)oc1C(C)(C)C. The summed E-state index contributed by atoms with van der Waals surface area (Å²) in [5.41, 5.74) is 0.958. The van der Waals surface area contributed by atoms with E-state index in [9.17, 15) is 0 Å². The largest absolute Gasteiger partial charge is 0.444 e. The summed E-state index contributed by atoms with van der Waals surface area (Å²) < 4.78 is 5.48. The highest BCUT2D eigenvalue weighted by molar-refractivity contribution is 6.16. The normalized spacial score (nSPS) is 12.1. The van der Waals surface area contributed by atoms with Gasteiger partial charge in [0.1, 0.15) is 5.76 Å². The maximum absolute atomic E-state index is 5.61. The zero-order valence-electron chi connectivity index (χ0n) is 7.94. The molecule has 0 saturated heterocycles. The second-order valence-corrected chi connectivity index (χ2v) is 4.17. The molecule has 0 fully saturated rings. The van der Waals surface area contributed by atoms with Crippen LogP contribution in [-0.4, -0.2) is 4.98 Å². The summed E-state index contributed by atoms with van der Waals surface area (Å²) in [5.74, 6) is 1.88. The molecule has 68 valence electrons. The van der Waals surface area contributed by atoms with E-state index in [-0.39, 0.29) is 5.41 Å². The van der Waals surface area contributed by atoms with Gasteiger partial charge in [0.05, 0.1) is 11.6 Å². The summed E-state index contributed by atoms with van der Waals surface area (Å²) in [7, 11) is 0. The van der Waals surface area contributed by atoms with Crippen LogP contribution < -0.4 is 0 Å². The molecular formula is C9H14ClNO. The predicted octanol–water partition coefficient (Wildman–Crippen LogP) is 3.02. The van der Waals surface area contributed by atoms with Crippen molar-refractivity contribution in [3.8, 4) is 0 Å². The number of alkyl halides is 1. The number of aromatic nitrogens is 1. The molecule has 0 aromatic carbocycles. The molecule has 0 N–H and O–H groups in total. The Labute approximate surface area is 77.9 Å². The van der Waals surface area contributed by atoms with E-state index in [0.717, 1.165) is 11.5 Å². The van der Waals surface area contributed by atoms with E-state index in [1.807, 2.05) is 6.92 Å². The smallest absolute Gasteiger partial charge is 0.209 e. The quantitative estimate of drug-likeness (QED) is 0.632. The maximum Gasteiger partial charge on any atom is 0.209 e. The highest BCUT2D eigenvalue weighted by Crippen LogP contribution is 2.26. The lowest BCUT2D eigenvalue weighted by molar-refractivity contribution is 0.388. The molecule has 1 heterocycles. The van der Waals surface area contributed by atoms with Gasteiger partial charge < -0.3 is 4.42 Å². The van der Waals surface area contributed by atoms with Gasteiger partial charge in [-0.1, -0.05) is 20.8 Å². The minimum absolute atomic E-state index is 0.0153. The van der Waals surface area contributed by atoms with E-state index in [4.69, 9.17) is 16.0 Å². The van der Waals surface area contributed by atoms with Crippen LogP contribution in [-0.2, 0) is 11.3 Å². The number of nitrogens with zero attached hydrogens (tertiary/aromatic N) is 1. The summed E-state index contributed by atoms with van der Waals surface area (Å²) in [6.07, 6.45) is 0. The van der Waals surface area contributed by atoms with Crippen molar-refractivity contribution in [2.45, 2.75) is 39.0 Å².